The molecule has 0 aromatic heterocycles. The van der Waals surface area contributed by atoms with E-state index in [1.165, 1.54) is 20.8 Å². The molecule has 3 fully saturated rings. The summed E-state index contributed by atoms with van der Waals surface area (Å²) in [5.74, 6) is -4.24. The number of carbonyl (C=O) groups excluding carboxylic acids is 9. The number of nitrogens with two attached hydrogens (primary N) is 3. The molecule has 1 aromatic rings. The van der Waals surface area contributed by atoms with Crippen LogP contribution < -0.4 is 49.1 Å². The first-order valence-electron chi connectivity index (χ1n) is 44.5. The van der Waals surface area contributed by atoms with Crippen LogP contribution in [0.15, 0.2) is 30.3 Å². The molecule has 44 nitrogen and oxygen atoms in total. The Hall–Kier alpha value is -6.75. The van der Waals surface area contributed by atoms with Gasteiger partial charge >= 0.3 is 24.0 Å². The molecule has 0 aliphatic carbocycles. The third-order valence-corrected chi connectivity index (χ3v) is 20.5. The number of ether oxygens (including phenoxy) is 21. The van der Waals surface area contributed by atoms with E-state index in [4.69, 9.17) is 117 Å². The Labute approximate surface area is 755 Å². The van der Waals surface area contributed by atoms with E-state index < -0.39 is 127 Å². The number of aliphatic hydroxyl groups excluding tert-OH is 5. The molecule has 1 aromatic carbocycles. The van der Waals surface area contributed by atoms with Crippen molar-refractivity contribution in [3.05, 3.63) is 35.9 Å². The fourth-order valence-electron chi connectivity index (χ4n) is 12.7. The van der Waals surface area contributed by atoms with Gasteiger partial charge in [0.05, 0.1) is 182 Å². The van der Waals surface area contributed by atoms with Crippen molar-refractivity contribution < 1.29 is 168 Å². The van der Waals surface area contributed by atoms with Crippen LogP contribution in [0.2, 0.25) is 0 Å². The third kappa shape index (κ3) is 51.3. The number of amides is 6. The van der Waals surface area contributed by atoms with Gasteiger partial charge in [-0.3, -0.25) is 38.4 Å². The number of nitrogens with one attached hydrogen (secondary N) is 6. The van der Waals surface area contributed by atoms with E-state index in [1.807, 2.05) is 58.0 Å². The summed E-state index contributed by atoms with van der Waals surface area (Å²) in [4.78, 5) is 112. The van der Waals surface area contributed by atoms with Crippen molar-refractivity contribution in [1.82, 2.24) is 31.9 Å². The zero-order valence-corrected chi connectivity index (χ0v) is 76.2. The van der Waals surface area contributed by atoms with E-state index in [0.717, 1.165) is 44.1 Å². The van der Waals surface area contributed by atoms with Gasteiger partial charge in [-0.1, -0.05) is 89.6 Å². The van der Waals surface area contributed by atoms with Crippen LogP contribution in [0.1, 0.15) is 144 Å². The fourth-order valence-corrected chi connectivity index (χ4v) is 12.7. The first-order valence-corrected chi connectivity index (χ1v) is 44.5. The molecule has 0 bridgehead atoms. The molecule has 15 atom stereocenters. The molecule has 0 spiro atoms. The number of benzene rings is 1. The molecule has 44 heteroatoms. The lowest BCUT2D eigenvalue weighted by Crippen LogP contribution is -2.62. The van der Waals surface area contributed by atoms with Gasteiger partial charge in [-0.15, -0.1) is 0 Å². The summed E-state index contributed by atoms with van der Waals surface area (Å²) in [5, 5.41) is 68.8. The maximum atomic E-state index is 14.1. The fraction of sp³-hybridized carbons (Fsp3) is 0.824. The van der Waals surface area contributed by atoms with Crippen molar-refractivity contribution in [3.63, 3.8) is 0 Å². The van der Waals surface area contributed by atoms with Gasteiger partial charge in [-0.2, -0.15) is 0 Å². The van der Waals surface area contributed by atoms with E-state index in [-0.39, 0.29) is 273 Å². The zero-order chi connectivity index (χ0) is 94.5. The summed E-state index contributed by atoms with van der Waals surface area (Å²) in [7, 11) is 0. The number of hydrogen-bond acceptors (Lipinski definition) is 38. The van der Waals surface area contributed by atoms with Gasteiger partial charge in [0.25, 0.3) is 0 Å². The maximum absolute atomic E-state index is 14.1. The number of carbonyl (C=O) groups is 9. The van der Waals surface area contributed by atoms with E-state index in [1.54, 1.807) is 0 Å². The number of hydrogen-bond donors (Lipinski definition) is 14. The number of aliphatic hydroxyl groups is 5. The predicted molar refractivity (Wildman–Crippen MR) is 457 cm³/mol. The van der Waals surface area contributed by atoms with Crippen molar-refractivity contribution in [2.75, 3.05) is 205 Å². The largest absolute Gasteiger partial charge is 0.463 e. The Morgan fingerprint density at radius 2 is 0.729 bits per heavy atom. The lowest BCUT2D eigenvalue weighted by molar-refractivity contribution is -0.276. The maximum Gasteiger partial charge on any atom is 0.407 e. The van der Waals surface area contributed by atoms with Gasteiger partial charge in [-0.25, -0.2) is 4.79 Å². The first kappa shape index (κ1) is 115. The standard InChI is InChI=1S/C85H149N9O35/c1-59(95)121-53-63-51-64(98)72(86)79(127-63)118-48-45-112-42-39-109-34-26-89-68(100)23-31-115-56-85(57-116-32-24-69(101)90-27-35-110-40-43-113-46-49-119-80-73(87)77(106)75(104)65(128-80)54-122-60(2)96,58-117-33-25-70(102)91-28-36-111-41-44-114-47-50-120-81-74(88)78(107)76(105)66(129-81)55-123-61(3)97)94-71(103)22-18-13-11-9-8-10-12-17-21-67(99)92-29-37-125-84(7,83(4,5)6)126-38-30-93-82(108)124-52-62-19-15-14-16-20-62/h14-16,19-20,63-66,72-81,98,104-107H,8-13,17-18,21-58,86-88H2,1-7H3,(H,89,100)(H,90,101)(H,91,102)(H,92,99)(H,93,108)(H,94,103). The summed E-state index contributed by atoms with van der Waals surface area (Å²) in [6.07, 6.45) is -6.17. The minimum atomic E-state index is -1.41. The van der Waals surface area contributed by atoms with Crippen molar-refractivity contribution in [2.24, 2.45) is 22.6 Å². The van der Waals surface area contributed by atoms with Crippen LogP contribution in [-0.2, 0) is 144 Å². The smallest absolute Gasteiger partial charge is 0.407 e. The first-order chi connectivity index (χ1) is 61.8. The van der Waals surface area contributed by atoms with Crippen LogP contribution in [0.25, 0.3) is 0 Å². The van der Waals surface area contributed by atoms with Gasteiger partial charge < -0.3 is 174 Å². The molecule has 744 valence electrons. The molecule has 0 saturated carbocycles. The highest BCUT2D eigenvalue weighted by molar-refractivity contribution is 5.78. The van der Waals surface area contributed by atoms with E-state index in [9.17, 15) is 68.7 Å². The van der Waals surface area contributed by atoms with Crippen LogP contribution in [-0.4, -0.2) is 381 Å². The minimum absolute atomic E-state index is 0.00622. The number of esters is 3. The van der Waals surface area contributed by atoms with Crippen molar-refractivity contribution in [1.29, 1.82) is 0 Å². The van der Waals surface area contributed by atoms with Gasteiger partial charge in [0.15, 0.2) is 24.7 Å². The average molecular weight is 1860 g/mol. The van der Waals surface area contributed by atoms with Crippen molar-refractivity contribution >= 4 is 53.5 Å². The Kier molecular flexibility index (Phi) is 59.9. The van der Waals surface area contributed by atoms with Gasteiger partial charge in [0.2, 0.25) is 29.5 Å². The zero-order valence-electron chi connectivity index (χ0n) is 76.2. The molecule has 3 aliphatic rings. The molecule has 3 aliphatic heterocycles. The predicted octanol–water partition coefficient (Wildman–Crippen LogP) is -1.66. The van der Waals surface area contributed by atoms with Gasteiger partial charge in [0.1, 0.15) is 68.6 Å². The second-order valence-electron chi connectivity index (χ2n) is 32.2. The topological polar surface area (TPSA) is 599 Å². The molecular formula is C85H149N9O35. The van der Waals surface area contributed by atoms with E-state index in [2.05, 4.69) is 31.9 Å². The summed E-state index contributed by atoms with van der Waals surface area (Å²) in [5.41, 5.74) is 17.1. The van der Waals surface area contributed by atoms with Crippen LogP contribution >= 0.6 is 0 Å². The molecule has 6 amide bonds. The average Bonchev–Trinajstić information content (AvgIpc) is 0.778. The molecule has 3 saturated heterocycles. The SMILES string of the molecule is CC(=O)OCC1CC(O)C(N)C(OCCOCCOCCNC(=O)CCOCC(COCCC(=O)NCCOCCOCCOC2OC(COC(C)=O)C(O)C(O)C2N)(COCCC(=O)NCCOCCOCCOC2OC(COC(C)=O)C(O)C(O)C2N)NC(=O)CCCCCCCCCCC(=O)NCCOC(C)(OCCNC(=O)OCc2ccccc2)C(C)(C)C)O1. The van der Waals surface area contributed by atoms with Gasteiger partial charge in [-0.05, 0) is 25.3 Å². The number of alkyl carbamates (subject to hydrolysis) is 1. The highest BCUT2D eigenvalue weighted by Gasteiger charge is 2.46. The van der Waals surface area contributed by atoms with Crippen LogP contribution in [0.5, 0.6) is 0 Å². The number of rotatable bonds is 73. The summed E-state index contributed by atoms with van der Waals surface area (Å²) >= 11 is 0. The van der Waals surface area contributed by atoms with Gasteiger partial charge in [0, 0.05) is 97.4 Å². The Morgan fingerprint density at radius 3 is 1.13 bits per heavy atom. The molecule has 15 unspecified atom stereocenters. The molecule has 0 radical (unpaired) electrons. The quantitative estimate of drug-likeness (QED) is 0.0150. The Bertz CT molecular complexity index is 3150. The Morgan fingerprint density at radius 1 is 0.380 bits per heavy atom. The molecule has 4 rings (SSSR count). The highest BCUT2D eigenvalue weighted by Crippen LogP contribution is 2.35. The van der Waals surface area contributed by atoms with E-state index in [0.29, 0.717) is 19.3 Å². The minimum Gasteiger partial charge on any atom is -0.463 e. The molecule has 17 N–H and O–H groups in total. The lowest BCUT2D eigenvalue weighted by Gasteiger charge is -2.41. The molecular weight excluding hydrogens is 1710 g/mol. The normalized spacial score (nSPS) is 22.6. The van der Waals surface area contributed by atoms with Crippen LogP contribution in [0.3, 0.4) is 0 Å². The van der Waals surface area contributed by atoms with Crippen molar-refractivity contribution in [2.45, 2.75) is 242 Å². The molecule has 129 heavy (non-hydrogen) atoms. The van der Waals surface area contributed by atoms with Crippen LogP contribution in [0, 0.1) is 5.41 Å². The Balaban J connectivity index is 1.27. The highest BCUT2D eigenvalue weighted by atomic mass is 16.7. The summed E-state index contributed by atoms with van der Waals surface area (Å²) in [6, 6.07) is 6.37. The number of unbranched alkanes of at least 4 members (excludes halogenated alkanes) is 7. The second kappa shape index (κ2) is 67.4. The second-order valence-corrected chi connectivity index (χ2v) is 32.2. The van der Waals surface area contributed by atoms with E-state index >= 15 is 0 Å². The summed E-state index contributed by atoms with van der Waals surface area (Å²) in [6.45, 7) is 13.1. The lowest BCUT2D eigenvalue weighted by atomic mass is 9.86. The molecule has 3 heterocycles. The van der Waals surface area contributed by atoms with Crippen LogP contribution in [0.4, 0.5) is 4.79 Å². The summed E-state index contributed by atoms with van der Waals surface area (Å²) < 4.78 is 118. The van der Waals surface area contributed by atoms with Crippen molar-refractivity contribution in [3.8, 4) is 0 Å². The monoisotopic (exact) mass is 1860 g/mol. The third-order valence-electron chi connectivity index (χ3n) is 20.5.